The van der Waals surface area contributed by atoms with Crippen molar-refractivity contribution in [2.24, 2.45) is 0 Å². The summed E-state index contributed by atoms with van der Waals surface area (Å²) in [4.78, 5) is 5.12. The fourth-order valence-electron chi connectivity index (χ4n) is 2.05. The van der Waals surface area contributed by atoms with Gasteiger partial charge in [0.15, 0.2) is 0 Å². The highest BCUT2D eigenvalue weighted by atomic mass is 16.5. The summed E-state index contributed by atoms with van der Waals surface area (Å²) in [6.07, 6.45) is 0. The van der Waals surface area contributed by atoms with E-state index < -0.39 is 0 Å². The summed E-state index contributed by atoms with van der Waals surface area (Å²) in [6.45, 7) is 11.4. The molecule has 0 aromatic rings. The maximum Gasteiger partial charge on any atom is 0.0645 e. The smallest absolute Gasteiger partial charge is 0.0645 e. The van der Waals surface area contributed by atoms with E-state index >= 15 is 0 Å². The van der Waals surface area contributed by atoms with Crippen LogP contribution in [0.1, 0.15) is 13.8 Å². The summed E-state index contributed by atoms with van der Waals surface area (Å²) in [5.41, 5.74) is 0. The second-order valence-corrected chi connectivity index (χ2v) is 4.36. The lowest BCUT2D eigenvalue weighted by atomic mass is 10.1. The molecule has 0 saturated carbocycles. The van der Waals surface area contributed by atoms with Crippen molar-refractivity contribution in [3.63, 3.8) is 0 Å². The van der Waals surface area contributed by atoms with Gasteiger partial charge in [0.1, 0.15) is 0 Å². The van der Waals surface area contributed by atoms with Gasteiger partial charge in [-0.1, -0.05) is 0 Å². The van der Waals surface area contributed by atoms with E-state index in [0.29, 0.717) is 6.04 Å². The summed E-state index contributed by atoms with van der Waals surface area (Å²) < 4.78 is 5.21. The van der Waals surface area contributed by atoms with Crippen LogP contribution < -0.4 is 0 Å². The Morgan fingerprint density at radius 3 is 2.08 bits per heavy atom. The van der Waals surface area contributed by atoms with Crippen molar-refractivity contribution in [2.75, 3.05) is 39.4 Å². The van der Waals surface area contributed by atoms with Crippen LogP contribution in [0.25, 0.3) is 0 Å². The number of ether oxygens (including phenoxy) is 1. The topological polar surface area (TPSA) is 15.7 Å². The van der Waals surface area contributed by atoms with E-state index in [1.807, 2.05) is 0 Å². The average molecular weight is 184 g/mol. The average Bonchev–Trinajstić information content (AvgIpc) is 2.02. The first kappa shape index (κ1) is 9.44. The standard InChI is InChI=1S/C10H20N2O/c1-9(2)11-3-5-12(6-4-11)10-7-13-8-10/h9-10H,3-8H2,1-2H3. The molecule has 0 aromatic carbocycles. The van der Waals surface area contributed by atoms with Gasteiger partial charge in [-0.3, -0.25) is 9.80 Å². The van der Waals surface area contributed by atoms with Crippen molar-refractivity contribution in [2.45, 2.75) is 25.9 Å². The molecule has 0 spiro atoms. The van der Waals surface area contributed by atoms with Gasteiger partial charge in [0.05, 0.1) is 19.3 Å². The normalized spacial score (nSPS) is 27.9. The third-order valence-electron chi connectivity index (χ3n) is 3.22. The monoisotopic (exact) mass is 184 g/mol. The van der Waals surface area contributed by atoms with E-state index in [1.165, 1.54) is 26.2 Å². The Morgan fingerprint density at radius 2 is 1.69 bits per heavy atom. The lowest BCUT2D eigenvalue weighted by Crippen LogP contribution is -2.57. The fourth-order valence-corrected chi connectivity index (χ4v) is 2.05. The maximum absolute atomic E-state index is 5.21. The number of hydrogen-bond acceptors (Lipinski definition) is 3. The molecule has 3 heteroatoms. The van der Waals surface area contributed by atoms with Crippen molar-refractivity contribution >= 4 is 0 Å². The first-order chi connectivity index (χ1) is 6.27. The summed E-state index contributed by atoms with van der Waals surface area (Å²) in [7, 11) is 0. The van der Waals surface area contributed by atoms with Gasteiger partial charge in [-0.2, -0.15) is 0 Å². The maximum atomic E-state index is 5.21. The molecule has 13 heavy (non-hydrogen) atoms. The molecule has 76 valence electrons. The Hall–Kier alpha value is -0.120. The Morgan fingerprint density at radius 1 is 1.08 bits per heavy atom. The van der Waals surface area contributed by atoms with E-state index in [0.717, 1.165) is 19.3 Å². The number of hydrogen-bond donors (Lipinski definition) is 0. The molecule has 0 N–H and O–H groups in total. The molecule has 3 nitrogen and oxygen atoms in total. The summed E-state index contributed by atoms with van der Waals surface area (Å²) in [5.74, 6) is 0. The van der Waals surface area contributed by atoms with Gasteiger partial charge < -0.3 is 4.74 Å². The number of nitrogens with zero attached hydrogens (tertiary/aromatic N) is 2. The molecule has 2 saturated heterocycles. The van der Waals surface area contributed by atoms with Crippen LogP contribution >= 0.6 is 0 Å². The van der Waals surface area contributed by atoms with Gasteiger partial charge in [0, 0.05) is 32.2 Å². The lowest BCUT2D eigenvalue weighted by molar-refractivity contribution is -0.0787. The van der Waals surface area contributed by atoms with E-state index in [4.69, 9.17) is 4.74 Å². The van der Waals surface area contributed by atoms with E-state index in [-0.39, 0.29) is 0 Å². The Labute approximate surface area is 80.6 Å². The second-order valence-electron chi connectivity index (χ2n) is 4.36. The van der Waals surface area contributed by atoms with Crippen molar-refractivity contribution in [3.05, 3.63) is 0 Å². The van der Waals surface area contributed by atoms with Gasteiger partial charge in [0.2, 0.25) is 0 Å². The Bertz CT molecular complexity index is 160. The van der Waals surface area contributed by atoms with Crippen LogP contribution in [0.15, 0.2) is 0 Å². The van der Waals surface area contributed by atoms with Crippen LogP contribution in [0.5, 0.6) is 0 Å². The molecule has 0 atom stereocenters. The zero-order valence-corrected chi connectivity index (χ0v) is 8.70. The van der Waals surface area contributed by atoms with Crippen LogP contribution in [0.3, 0.4) is 0 Å². The Balaban J connectivity index is 1.75. The third-order valence-corrected chi connectivity index (χ3v) is 3.22. The minimum absolute atomic E-state index is 0.708. The molecule has 0 radical (unpaired) electrons. The van der Waals surface area contributed by atoms with Crippen molar-refractivity contribution in [1.29, 1.82) is 0 Å². The zero-order valence-electron chi connectivity index (χ0n) is 8.70. The van der Waals surface area contributed by atoms with Crippen LogP contribution in [-0.2, 0) is 4.74 Å². The van der Waals surface area contributed by atoms with Gasteiger partial charge in [-0.25, -0.2) is 0 Å². The predicted molar refractivity (Wildman–Crippen MR) is 52.9 cm³/mol. The highest BCUT2D eigenvalue weighted by molar-refractivity contribution is 4.82. The predicted octanol–water partition coefficient (Wildman–Crippen LogP) is 0.411. The molecule has 0 bridgehead atoms. The van der Waals surface area contributed by atoms with E-state index in [9.17, 15) is 0 Å². The van der Waals surface area contributed by atoms with Crippen LogP contribution in [0, 0.1) is 0 Å². The summed E-state index contributed by atoms with van der Waals surface area (Å²) >= 11 is 0. The van der Waals surface area contributed by atoms with Crippen molar-refractivity contribution < 1.29 is 4.74 Å². The van der Waals surface area contributed by atoms with Crippen LogP contribution in [-0.4, -0.2) is 61.3 Å². The minimum Gasteiger partial charge on any atom is -0.378 e. The largest absolute Gasteiger partial charge is 0.378 e. The molecule has 2 aliphatic rings. The number of rotatable bonds is 2. The van der Waals surface area contributed by atoms with Crippen molar-refractivity contribution in [3.8, 4) is 0 Å². The molecule has 2 heterocycles. The summed E-state index contributed by atoms with van der Waals surface area (Å²) in [6, 6.07) is 1.44. The molecule has 2 fully saturated rings. The lowest BCUT2D eigenvalue weighted by Gasteiger charge is -2.43. The molecule has 0 amide bonds. The van der Waals surface area contributed by atoms with Gasteiger partial charge >= 0.3 is 0 Å². The molecule has 0 aliphatic carbocycles. The highest BCUT2D eigenvalue weighted by Crippen LogP contribution is 2.14. The molecule has 0 aromatic heterocycles. The van der Waals surface area contributed by atoms with Crippen LogP contribution in [0.4, 0.5) is 0 Å². The SMILES string of the molecule is CC(C)N1CCN(C2COC2)CC1. The third kappa shape index (κ3) is 2.03. The first-order valence-corrected chi connectivity index (χ1v) is 5.33. The highest BCUT2D eigenvalue weighted by Gasteiger charge is 2.29. The molecule has 2 rings (SSSR count). The van der Waals surface area contributed by atoms with Gasteiger partial charge in [-0.15, -0.1) is 0 Å². The Kier molecular flexibility index (Phi) is 2.86. The van der Waals surface area contributed by atoms with E-state index in [2.05, 4.69) is 23.6 Å². The van der Waals surface area contributed by atoms with Crippen molar-refractivity contribution in [1.82, 2.24) is 9.80 Å². The van der Waals surface area contributed by atoms with E-state index in [1.54, 1.807) is 0 Å². The summed E-state index contributed by atoms with van der Waals surface area (Å²) in [5, 5.41) is 0. The first-order valence-electron chi connectivity index (χ1n) is 5.33. The zero-order chi connectivity index (χ0) is 9.26. The molecule has 0 unspecified atom stereocenters. The number of piperazine rings is 1. The molecule has 2 aliphatic heterocycles. The van der Waals surface area contributed by atoms with Crippen LogP contribution in [0.2, 0.25) is 0 Å². The fraction of sp³-hybridized carbons (Fsp3) is 1.00. The molecular weight excluding hydrogens is 164 g/mol. The van der Waals surface area contributed by atoms with Gasteiger partial charge in [-0.05, 0) is 13.8 Å². The quantitative estimate of drug-likeness (QED) is 0.618. The molecular formula is C10H20N2O. The second kappa shape index (κ2) is 3.95. The van der Waals surface area contributed by atoms with Gasteiger partial charge in [0.25, 0.3) is 0 Å². The minimum atomic E-state index is 0.708.